The number of imidazole rings is 1. The van der Waals surface area contributed by atoms with E-state index in [1.54, 1.807) is 6.33 Å². The molecule has 0 spiro atoms. The van der Waals surface area contributed by atoms with Crippen molar-refractivity contribution in [3.63, 3.8) is 0 Å². The Hall–Kier alpha value is -2.43. The summed E-state index contributed by atoms with van der Waals surface area (Å²) in [6.45, 7) is 2.78. The highest BCUT2D eigenvalue weighted by molar-refractivity contribution is 5.69. The van der Waals surface area contributed by atoms with E-state index in [0.29, 0.717) is 6.54 Å². The van der Waals surface area contributed by atoms with Gasteiger partial charge in [-0.05, 0) is 19.1 Å². The van der Waals surface area contributed by atoms with Crippen LogP contribution in [0.5, 0.6) is 0 Å². The van der Waals surface area contributed by atoms with Crippen LogP contribution < -0.4 is 0 Å². The Morgan fingerprint density at radius 1 is 1.28 bits per heavy atom. The van der Waals surface area contributed by atoms with Gasteiger partial charge < -0.3 is 4.57 Å². The van der Waals surface area contributed by atoms with Crippen molar-refractivity contribution in [1.82, 2.24) is 24.3 Å². The van der Waals surface area contributed by atoms with Gasteiger partial charge in [-0.2, -0.15) is 5.10 Å². The van der Waals surface area contributed by atoms with Crippen LogP contribution >= 0.6 is 0 Å². The fraction of sp³-hybridized carbons (Fsp3) is 0.154. The molecule has 3 aromatic rings. The van der Waals surface area contributed by atoms with Gasteiger partial charge in [0.05, 0.1) is 30.5 Å². The van der Waals surface area contributed by atoms with Crippen LogP contribution in [0.2, 0.25) is 0 Å². The Bertz CT molecular complexity index is 737. The van der Waals surface area contributed by atoms with E-state index in [2.05, 4.69) is 44.8 Å². The first-order valence-electron chi connectivity index (χ1n) is 5.83. The van der Waals surface area contributed by atoms with Crippen LogP contribution in [0.1, 0.15) is 11.3 Å². The molecule has 0 atom stereocenters. The molecular weight excluding hydrogens is 226 g/mol. The van der Waals surface area contributed by atoms with E-state index in [1.165, 1.54) is 5.56 Å². The smallest absolute Gasteiger partial charge is 0.160 e. The van der Waals surface area contributed by atoms with E-state index in [9.17, 15) is 0 Å². The minimum Gasteiger partial charge on any atom is -0.301 e. The van der Waals surface area contributed by atoms with Crippen molar-refractivity contribution in [3.8, 4) is 17.1 Å². The summed E-state index contributed by atoms with van der Waals surface area (Å²) in [6.07, 6.45) is 5.32. The van der Waals surface area contributed by atoms with E-state index in [1.807, 2.05) is 17.2 Å². The average molecular weight is 237 g/mol. The van der Waals surface area contributed by atoms with Gasteiger partial charge in [-0.15, -0.1) is 0 Å². The molecule has 1 aliphatic heterocycles. The maximum atomic E-state index is 4.38. The van der Waals surface area contributed by atoms with Gasteiger partial charge in [-0.1, -0.05) is 11.6 Å². The molecule has 3 heterocycles. The van der Waals surface area contributed by atoms with Gasteiger partial charge in [0.15, 0.2) is 5.82 Å². The molecule has 1 aromatic carbocycles. The lowest BCUT2D eigenvalue weighted by molar-refractivity contribution is 0.677. The van der Waals surface area contributed by atoms with Crippen LogP contribution in [0.25, 0.3) is 17.1 Å². The number of benzene rings is 1. The summed E-state index contributed by atoms with van der Waals surface area (Å²) in [5.41, 5.74) is 4.54. The number of nitrogens with zero attached hydrogens (tertiary/aromatic N) is 5. The second-order valence-electron chi connectivity index (χ2n) is 4.52. The minimum absolute atomic E-state index is 0.697. The summed E-state index contributed by atoms with van der Waals surface area (Å²) < 4.78 is 4.02. The molecule has 0 saturated carbocycles. The Kier molecular flexibility index (Phi) is 1.75. The SMILES string of the molecule is Cc1ccc2c(c1)-c1ncnn1Cc1cncn1-2. The van der Waals surface area contributed by atoms with E-state index in [-0.39, 0.29) is 0 Å². The molecule has 0 aliphatic carbocycles. The molecule has 0 fully saturated rings. The first-order chi connectivity index (χ1) is 8.83. The molecule has 0 unspecified atom stereocenters. The summed E-state index contributed by atoms with van der Waals surface area (Å²) in [5.74, 6) is 0.914. The van der Waals surface area contributed by atoms with Crippen LogP contribution in [0.15, 0.2) is 37.1 Å². The first kappa shape index (κ1) is 9.58. The van der Waals surface area contributed by atoms with Crippen molar-refractivity contribution < 1.29 is 0 Å². The molecule has 1 aliphatic rings. The van der Waals surface area contributed by atoms with E-state index in [0.717, 1.165) is 22.8 Å². The molecule has 2 aromatic heterocycles. The Labute approximate surface area is 104 Å². The number of aryl methyl sites for hydroxylation is 1. The van der Waals surface area contributed by atoms with E-state index in [4.69, 9.17) is 0 Å². The van der Waals surface area contributed by atoms with Gasteiger partial charge >= 0.3 is 0 Å². The van der Waals surface area contributed by atoms with Crippen molar-refractivity contribution in [3.05, 3.63) is 48.3 Å². The fourth-order valence-corrected chi connectivity index (χ4v) is 2.44. The topological polar surface area (TPSA) is 48.5 Å². The fourth-order valence-electron chi connectivity index (χ4n) is 2.44. The van der Waals surface area contributed by atoms with Crippen molar-refractivity contribution in [1.29, 1.82) is 0 Å². The van der Waals surface area contributed by atoms with Crippen LogP contribution in [0, 0.1) is 6.92 Å². The van der Waals surface area contributed by atoms with Crippen molar-refractivity contribution in [2.24, 2.45) is 0 Å². The summed E-state index contributed by atoms with van der Waals surface area (Å²) in [6, 6.07) is 6.36. The van der Waals surface area contributed by atoms with Gasteiger partial charge in [0.2, 0.25) is 0 Å². The third-order valence-corrected chi connectivity index (χ3v) is 3.29. The predicted molar refractivity (Wildman–Crippen MR) is 66.4 cm³/mol. The van der Waals surface area contributed by atoms with Crippen LogP contribution in [0.3, 0.4) is 0 Å². The third-order valence-electron chi connectivity index (χ3n) is 3.29. The van der Waals surface area contributed by atoms with Crippen molar-refractivity contribution in [2.75, 3.05) is 0 Å². The lowest BCUT2D eigenvalue weighted by Gasteiger charge is -2.08. The summed E-state index contributed by atoms with van der Waals surface area (Å²) in [7, 11) is 0. The molecule has 0 bridgehead atoms. The lowest BCUT2D eigenvalue weighted by Crippen LogP contribution is -2.03. The maximum Gasteiger partial charge on any atom is 0.160 e. The van der Waals surface area contributed by atoms with Crippen molar-refractivity contribution in [2.45, 2.75) is 13.5 Å². The Morgan fingerprint density at radius 2 is 2.22 bits per heavy atom. The average Bonchev–Trinajstić information content (AvgIpc) is 2.97. The van der Waals surface area contributed by atoms with Gasteiger partial charge in [0.1, 0.15) is 6.33 Å². The number of rotatable bonds is 0. The number of aromatic nitrogens is 5. The molecule has 4 rings (SSSR count). The molecule has 0 saturated heterocycles. The molecule has 0 N–H and O–H groups in total. The third kappa shape index (κ3) is 1.18. The highest BCUT2D eigenvalue weighted by Crippen LogP contribution is 2.30. The second-order valence-corrected chi connectivity index (χ2v) is 4.52. The monoisotopic (exact) mass is 237 g/mol. The zero-order valence-corrected chi connectivity index (χ0v) is 9.91. The van der Waals surface area contributed by atoms with Crippen LogP contribution in [-0.2, 0) is 6.54 Å². The van der Waals surface area contributed by atoms with Crippen LogP contribution in [-0.4, -0.2) is 24.3 Å². The van der Waals surface area contributed by atoms with E-state index >= 15 is 0 Å². The van der Waals surface area contributed by atoms with Crippen LogP contribution in [0.4, 0.5) is 0 Å². The van der Waals surface area contributed by atoms with Gasteiger partial charge in [-0.3, -0.25) is 0 Å². The van der Waals surface area contributed by atoms with Crippen molar-refractivity contribution >= 4 is 0 Å². The Morgan fingerprint density at radius 3 is 3.17 bits per heavy atom. The van der Waals surface area contributed by atoms with Gasteiger partial charge in [-0.25, -0.2) is 14.6 Å². The predicted octanol–water partition coefficient (Wildman–Crippen LogP) is 1.80. The largest absolute Gasteiger partial charge is 0.301 e. The zero-order valence-electron chi connectivity index (χ0n) is 9.91. The van der Waals surface area contributed by atoms with E-state index < -0.39 is 0 Å². The standard InChI is InChI=1S/C13H11N5/c1-9-2-3-12-11(4-9)13-15-7-16-18(13)6-10-5-14-8-17(10)12/h2-5,7-8H,6H2,1H3. The molecule has 5 heteroatoms. The molecular formula is C13H11N5. The maximum absolute atomic E-state index is 4.38. The van der Waals surface area contributed by atoms with Gasteiger partial charge in [0, 0.05) is 5.56 Å². The molecule has 18 heavy (non-hydrogen) atoms. The Balaban J connectivity index is 2.13. The normalized spacial score (nSPS) is 12.5. The molecule has 88 valence electrons. The summed E-state index contributed by atoms with van der Waals surface area (Å²) in [5, 5.41) is 4.29. The quantitative estimate of drug-likeness (QED) is 0.468. The zero-order chi connectivity index (χ0) is 12.1. The molecule has 0 radical (unpaired) electrons. The van der Waals surface area contributed by atoms with Gasteiger partial charge in [0.25, 0.3) is 0 Å². The lowest BCUT2D eigenvalue weighted by atomic mass is 10.1. The first-order valence-corrected chi connectivity index (χ1v) is 5.83. The molecule has 0 amide bonds. The number of hydrogen-bond acceptors (Lipinski definition) is 3. The second kappa shape index (κ2) is 3.29. The highest BCUT2D eigenvalue weighted by Gasteiger charge is 2.20. The summed E-state index contributed by atoms with van der Waals surface area (Å²) in [4.78, 5) is 8.61. The molecule has 5 nitrogen and oxygen atoms in total. The number of hydrogen-bond donors (Lipinski definition) is 0. The minimum atomic E-state index is 0.697. The highest BCUT2D eigenvalue weighted by atomic mass is 15.3. The summed E-state index contributed by atoms with van der Waals surface area (Å²) >= 11 is 0. The number of fused-ring (bicyclic) bond motifs is 5.